The molecule has 6 nitrogen and oxygen atoms in total. The molecular weight excluding hydrogens is 481 g/mol. The maximum absolute atomic E-state index is 13.3. The van der Waals surface area contributed by atoms with E-state index in [0.29, 0.717) is 46.8 Å². The van der Waals surface area contributed by atoms with Crippen LogP contribution >= 0.6 is 11.8 Å². The Morgan fingerprint density at radius 3 is 2.51 bits per heavy atom. The Balaban J connectivity index is 1.88. The van der Waals surface area contributed by atoms with Crippen molar-refractivity contribution in [2.75, 3.05) is 33.4 Å². The summed E-state index contributed by atoms with van der Waals surface area (Å²) in [5.41, 5.74) is 0.201. The number of alkyl halides is 3. The molecule has 1 aliphatic rings. The summed E-state index contributed by atoms with van der Waals surface area (Å²) >= 11 is 1.34. The summed E-state index contributed by atoms with van der Waals surface area (Å²) in [6.07, 6.45) is -3.76. The van der Waals surface area contributed by atoms with Gasteiger partial charge in [0.2, 0.25) is 11.1 Å². The number of hydrogen-bond donors (Lipinski definition) is 2. The molecule has 1 aliphatic heterocycles. The lowest BCUT2D eigenvalue weighted by atomic mass is 10.1. The molecular formula is C25H32F3N2O4S+. The predicted molar refractivity (Wildman–Crippen MR) is 130 cm³/mol. The third-order valence-electron chi connectivity index (χ3n) is 5.82. The first-order valence-electron chi connectivity index (χ1n) is 11.4. The molecule has 0 radical (unpaired) electrons. The van der Waals surface area contributed by atoms with E-state index in [1.54, 1.807) is 18.2 Å². The SMILES string of the molecule is COc1ccc(OCCCN(CCO)C(C)C)c(C2Sc3ccc(C(F)(F)F)cc3[N+]2=C(C)O)c1. The molecule has 1 heterocycles. The molecule has 0 saturated carbocycles. The lowest BCUT2D eigenvalue weighted by molar-refractivity contribution is -0.468. The molecule has 0 amide bonds. The molecule has 1 atom stereocenters. The highest BCUT2D eigenvalue weighted by Crippen LogP contribution is 2.53. The molecule has 10 heteroatoms. The van der Waals surface area contributed by atoms with Gasteiger partial charge >= 0.3 is 12.1 Å². The second-order valence-electron chi connectivity index (χ2n) is 8.53. The number of ether oxygens (including phenoxy) is 2. The van der Waals surface area contributed by atoms with Gasteiger partial charge in [0.05, 0.1) is 43.3 Å². The van der Waals surface area contributed by atoms with Gasteiger partial charge in [-0.25, -0.2) is 0 Å². The first-order chi connectivity index (χ1) is 16.6. The molecule has 3 rings (SSSR count). The van der Waals surface area contributed by atoms with Crippen molar-refractivity contribution >= 4 is 23.3 Å². The van der Waals surface area contributed by atoms with E-state index in [-0.39, 0.29) is 12.5 Å². The summed E-state index contributed by atoms with van der Waals surface area (Å²) in [6, 6.07) is 9.16. The van der Waals surface area contributed by atoms with Crippen LogP contribution in [0.15, 0.2) is 41.3 Å². The van der Waals surface area contributed by atoms with Gasteiger partial charge in [-0.3, -0.25) is 4.90 Å². The summed E-state index contributed by atoms with van der Waals surface area (Å²) in [4.78, 5) is 2.79. The van der Waals surface area contributed by atoms with Crippen molar-refractivity contribution < 1.29 is 37.4 Å². The zero-order valence-corrected chi connectivity index (χ0v) is 21.1. The number of aliphatic hydroxyl groups is 2. The average molecular weight is 514 g/mol. The monoisotopic (exact) mass is 513 g/mol. The van der Waals surface area contributed by atoms with Crippen LogP contribution in [0.5, 0.6) is 11.5 Å². The summed E-state index contributed by atoms with van der Waals surface area (Å²) in [7, 11) is 1.54. The fraction of sp³-hybridized carbons (Fsp3) is 0.480. The van der Waals surface area contributed by atoms with E-state index in [9.17, 15) is 23.4 Å². The number of thioether (sulfide) groups is 1. The number of rotatable bonds is 10. The summed E-state index contributed by atoms with van der Waals surface area (Å²) < 4.78 is 53.0. The maximum Gasteiger partial charge on any atom is 0.416 e. The third-order valence-corrected chi connectivity index (χ3v) is 7.10. The summed E-state index contributed by atoms with van der Waals surface area (Å²) in [5.74, 6) is 1.02. The topological polar surface area (TPSA) is 65.2 Å². The van der Waals surface area contributed by atoms with Crippen molar-refractivity contribution in [1.29, 1.82) is 0 Å². The molecule has 0 bridgehead atoms. The Hall–Kier alpha value is -2.43. The van der Waals surface area contributed by atoms with Crippen molar-refractivity contribution in [2.24, 2.45) is 0 Å². The van der Waals surface area contributed by atoms with Gasteiger partial charge in [0.1, 0.15) is 11.5 Å². The number of nitrogens with zero attached hydrogens (tertiary/aromatic N) is 2. The fourth-order valence-corrected chi connectivity index (χ4v) is 5.36. The standard InChI is InChI=1S/C25H31F3N2O4S/c1-16(2)29(11-12-31)10-5-13-34-22-8-7-19(33-4)15-20(22)24-30(17(3)32)21-14-18(25(26,27)28)6-9-23(21)35-24/h6-9,14-16,24,31H,5,10-13H2,1-4H3/p+1. The molecule has 2 N–H and O–H groups in total. The zero-order valence-electron chi connectivity index (χ0n) is 20.3. The Morgan fingerprint density at radius 2 is 1.91 bits per heavy atom. The second kappa shape index (κ2) is 11.5. The Morgan fingerprint density at radius 1 is 1.17 bits per heavy atom. The van der Waals surface area contributed by atoms with Crippen molar-refractivity contribution in [3.8, 4) is 11.5 Å². The number of benzene rings is 2. The Kier molecular flexibility index (Phi) is 8.95. The molecule has 0 fully saturated rings. The molecule has 0 aliphatic carbocycles. The molecule has 192 valence electrons. The Labute approximate surface area is 208 Å². The lowest BCUT2D eigenvalue weighted by Gasteiger charge is -2.25. The van der Waals surface area contributed by atoms with E-state index in [0.717, 1.165) is 25.1 Å². The Bertz CT molecular complexity index is 1060. The van der Waals surface area contributed by atoms with Gasteiger partial charge in [-0.05, 0) is 62.4 Å². The number of hydrogen-bond acceptors (Lipinski definition) is 5. The largest absolute Gasteiger partial charge is 0.497 e. The van der Waals surface area contributed by atoms with Crippen LogP contribution < -0.4 is 9.47 Å². The quantitative estimate of drug-likeness (QED) is 0.245. The van der Waals surface area contributed by atoms with Crippen LogP contribution in [0.1, 0.15) is 43.7 Å². The van der Waals surface area contributed by atoms with Crippen LogP contribution in [-0.2, 0) is 6.18 Å². The summed E-state index contributed by atoms with van der Waals surface area (Å²) in [6.45, 7) is 7.43. The summed E-state index contributed by atoms with van der Waals surface area (Å²) in [5, 5.41) is 19.2. The highest BCUT2D eigenvalue weighted by Gasteiger charge is 2.43. The molecule has 0 saturated heterocycles. The van der Waals surface area contributed by atoms with Crippen molar-refractivity contribution in [3.63, 3.8) is 0 Å². The minimum atomic E-state index is -4.49. The van der Waals surface area contributed by atoms with Gasteiger partial charge in [0.15, 0.2) is 0 Å². The minimum absolute atomic E-state index is 0.0873. The first-order valence-corrected chi connectivity index (χ1v) is 12.3. The van der Waals surface area contributed by atoms with E-state index in [2.05, 4.69) is 18.7 Å². The van der Waals surface area contributed by atoms with Crippen LogP contribution in [-0.4, -0.2) is 65.0 Å². The highest BCUT2D eigenvalue weighted by atomic mass is 32.2. The molecule has 0 aromatic heterocycles. The highest BCUT2D eigenvalue weighted by molar-refractivity contribution is 7.99. The van der Waals surface area contributed by atoms with Crippen LogP contribution in [0, 0.1) is 0 Å². The van der Waals surface area contributed by atoms with Crippen LogP contribution in [0.3, 0.4) is 0 Å². The smallest absolute Gasteiger partial charge is 0.416 e. The van der Waals surface area contributed by atoms with Gasteiger partial charge in [-0.15, -0.1) is 4.58 Å². The number of methoxy groups -OCH3 is 1. The number of fused-ring (bicyclic) bond motifs is 1. The van der Waals surface area contributed by atoms with E-state index in [1.807, 2.05) is 0 Å². The molecule has 2 aromatic carbocycles. The van der Waals surface area contributed by atoms with Gasteiger partial charge in [0.25, 0.3) is 0 Å². The minimum Gasteiger partial charge on any atom is -0.497 e. The van der Waals surface area contributed by atoms with Gasteiger partial charge in [-0.2, -0.15) is 13.2 Å². The third kappa shape index (κ3) is 6.42. The fourth-order valence-electron chi connectivity index (χ4n) is 4.01. The van der Waals surface area contributed by atoms with Crippen molar-refractivity contribution in [2.45, 2.75) is 49.7 Å². The van der Waals surface area contributed by atoms with Crippen LogP contribution in [0.25, 0.3) is 0 Å². The van der Waals surface area contributed by atoms with Gasteiger partial charge < -0.3 is 19.7 Å². The molecule has 1 unspecified atom stereocenters. The number of aliphatic hydroxyl groups excluding tert-OH is 2. The second-order valence-corrected chi connectivity index (χ2v) is 9.65. The van der Waals surface area contributed by atoms with E-state index in [4.69, 9.17) is 9.47 Å². The van der Waals surface area contributed by atoms with Gasteiger partial charge in [0, 0.05) is 25.2 Å². The molecule has 0 spiro atoms. The van der Waals surface area contributed by atoms with Gasteiger partial charge in [-0.1, -0.05) is 0 Å². The van der Waals surface area contributed by atoms with Crippen molar-refractivity contribution in [1.82, 2.24) is 4.90 Å². The lowest BCUT2D eigenvalue weighted by Crippen LogP contribution is -2.34. The van der Waals surface area contributed by atoms with E-state index in [1.165, 1.54) is 36.4 Å². The number of halogens is 3. The van der Waals surface area contributed by atoms with Crippen LogP contribution in [0.4, 0.5) is 18.9 Å². The van der Waals surface area contributed by atoms with E-state index < -0.39 is 17.1 Å². The molecule has 35 heavy (non-hydrogen) atoms. The zero-order chi connectivity index (χ0) is 25.8. The van der Waals surface area contributed by atoms with Crippen molar-refractivity contribution in [3.05, 3.63) is 47.5 Å². The van der Waals surface area contributed by atoms with E-state index >= 15 is 0 Å². The predicted octanol–water partition coefficient (Wildman–Crippen LogP) is 5.61. The molecule has 2 aromatic rings. The normalized spacial score (nSPS) is 17.1. The average Bonchev–Trinajstić information content (AvgIpc) is 3.19. The maximum atomic E-state index is 13.3. The first kappa shape index (κ1) is 27.2. The van der Waals surface area contributed by atoms with Crippen LogP contribution in [0.2, 0.25) is 0 Å².